The summed E-state index contributed by atoms with van der Waals surface area (Å²) in [5.41, 5.74) is -0.664. The summed E-state index contributed by atoms with van der Waals surface area (Å²) in [5, 5.41) is 3.28. The van der Waals surface area contributed by atoms with Crippen LogP contribution in [-0.2, 0) is 9.53 Å². The van der Waals surface area contributed by atoms with Gasteiger partial charge in [-0.25, -0.2) is 0 Å². The fourth-order valence-electron chi connectivity index (χ4n) is 2.23. The van der Waals surface area contributed by atoms with Crippen molar-refractivity contribution < 1.29 is 14.3 Å². The van der Waals surface area contributed by atoms with Gasteiger partial charge in [-0.2, -0.15) is 0 Å². The van der Waals surface area contributed by atoms with Crippen molar-refractivity contribution in [3.63, 3.8) is 0 Å². The second-order valence-electron chi connectivity index (χ2n) is 5.39. The Morgan fingerprint density at radius 2 is 1.95 bits per heavy atom. The topological polar surface area (TPSA) is 47.6 Å². The SMILES string of the molecule is COC(=O)C(C)(CCCOc1ccccc1)NC(C)C. The van der Waals surface area contributed by atoms with E-state index in [0.717, 1.165) is 12.2 Å². The van der Waals surface area contributed by atoms with Crippen LogP contribution in [0.25, 0.3) is 0 Å². The summed E-state index contributed by atoms with van der Waals surface area (Å²) in [6, 6.07) is 9.89. The summed E-state index contributed by atoms with van der Waals surface area (Å²) in [7, 11) is 1.42. The highest BCUT2D eigenvalue weighted by Crippen LogP contribution is 2.17. The monoisotopic (exact) mass is 279 g/mol. The van der Waals surface area contributed by atoms with Crippen molar-refractivity contribution in [3.8, 4) is 5.75 Å². The number of hydrogen-bond donors (Lipinski definition) is 1. The van der Waals surface area contributed by atoms with E-state index in [1.54, 1.807) is 0 Å². The molecule has 1 aromatic rings. The molecule has 1 rings (SSSR count). The molecule has 0 saturated heterocycles. The van der Waals surface area contributed by atoms with E-state index in [0.29, 0.717) is 13.0 Å². The second kappa shape index (κ2) is 7.90. The van der Waals surface area contributed by atoms with Gasteiger partial charge in [-0.05, 0) is 45.7 Å². The Bertz CT molecular complexity index is 405. The Morgan fingerprint density at radius 1 is 1.30 bits per heavy atom. The standard InChI is InChI=1S/C16H25NO3/c1-13(2)17-16(3,15(18)19-4)11-8-12-20-14-9-6-5-7-10-14/h5-7,9-10,13,17H,8,11-12H2,1-4H3. The molecule has 4 heteroatoms. The van der Waals surface area contributed by atoms with Crippen LogP contribution in [0.2, 0.25) is 0 Å². The lowest BCUT2D eigenvalue weighted by molar-refractivity contribution is -0.148. The third-order valence-corrected chi connectivity index (χ3v) is 3.08. The van der Waals surface area contributed by atoms with Gasteiger partial charge in [0, 0.05) is 6.04 Å². The molecule has 1 aromatic carbocycles. The highest BCUT2D eigenvalue weighted by atomic mass is 16.5. The van der Waals surface area contributed by atoms with Gasteiger partial charge in [0.1, 0.15) is 11.3 Å². The largest absolute Gasteiger partial charge is 0.494 e. The smallest absolute Gasteiger partial charge is 0.325 e. The van der Waals surface area contributed by atoms with Crippen LogP contribution < -0.4 is 10.1 Å². The van der Waals surface area contributed by atoms with Gasteiger partial charge >= 0.3 is 5.97 Å². The van der Waals surface area contributed by atoms with Gasteiger partial charge in [0.25, 0.3) is 0 Å². The van der Waals surface area contributed by atoms with Gasteiger partial charge in [-0.15, -0.1) is 0 Å². The molecule has 1 unspecified atom stereocenters. The van der Waals surface area contributed by atoms with Crippen molar-refractivity contribution in [2.75, 3.05) is 13.7 Å². The Balaban J connectivity index is 2.44. The molecule has 0 fully saturated rings. The third kappa shape index (κ3) is 5.21. The number of carbonyl (C=O) groups is 1. The van der Waals surface area contributed by atoms with Gasteiger partial charge in [0.05, 0.1) is 13.7 Å². The molecule has 20 heavy (non-hydrogen) atoms. The van der Waals surface area contributed by atoms with Gasteiger partial charge < -0.3 is 9.47 Å². The molecule has 0 amide bonds. The van der Waals surface area contributed by atoms with Crippen molar-refractivity contribution >= 4 is 5.97 Å². The number of benzene rings is 1. The molecule has 1 atom stereocenters. The normalized spacial score (nSPS) is 13.8. The van der Waals surface area contributed by atoms with Crippen LogP contribution >= 0.6 is 0 Å². The Hall–Kier alpha value is -1.55. The summed E-state index contributed by atoms with van der Waals surface area (Å²) in [4.78, 5) is 11.9. The van der Waals surface area contributed by atoms with E-state index >= 15 is 0 Å². The third-order valence-electron chi connectivity index (χ3n) is 3.08. The second-order valence-corrected chi connectivity index (χ2v) is 5.39. The maximum Gasteiger partial charge on any atom is 0.325 e. The minimum atomic E-state index is -0.664. The van der Waals surface area contributed by atoms with Crippen molar-refractivity contribution in [2.24, 2.45) is 0 Å². The lowest BCUT2D eigenvalue weighted by atomic mass is 9.95. The van der Waals surface area contributed by atoms with E-state index in [-0.39, 0.29) is 12.0 Å². The first-order valence-electron chi connectivity index (χ1n) is 7.02. The van der Waals surface area contributed by atoms with Crippen LogP contribution in [0.1, 0.15) is 33.6 Å². The number of nitrogens with one attached hydrogen (secondary N) is 1. The predicted molar refractivity (Wildman–Crippen MR) is 79.9 cm³/mol. The highest BCUT2D eigenvalue weighted by molar-refractivity contribution is 5.80. The zero-order valence-electron chi connectivity index (χ0n) is 12.8. The lowest BCUT2D eigenvalue weighted by Gasteiger charge is -2.30. The zero-order chi connectivity index (χ0) is 15.0. The van der Waals surface area contributed by atoms with E-state index < -0.39 is 5.54 Å². The van der Waals surface area contributed by atoms with E-state index in [9.17, 15) is 4.79 Å². The predicted octanol–water partition coefficient (Wildman–Crippen LogP) is 2.78. The van der Waals surface area contributed by atoms with Crippen molar-refractivity contribution in [3.05, 3.63) is 30.3 Å². The average molecular weight is 279 g/mol. The van der Waals surface area contributed by atoms with E-state index in [2.05, 4.69) is 5.32 Å². The minimum absolute atomic E-state index is 0.217. The first-order chi connectivity index (χ1) is 9.48. The molecule has 0 aliphatic carbocycles. The van der Waals surface area contributed by atoms with Crippen LogP contribution in [0.3, 0.4) is 0 Å². The van der Waals surface area contributed by atoms with Crippen LogP contribution in [0.15, 0.2) is 30.3 Å². The number of methoxy groups -OCH3 is 1. The fraction of sp³-hybridized carbons (Fsp3) is 0.562. The minimum Gasteiger partial charge on any atom is -0.494 e. The Morgan fingerprint density at radius 3 is 2.50 bits per heavy atom. The maximum atomic E-state index is 11.9. The van der Waals surface area contributed by atoms with Crippen LogP contribution in [0, 0.1) is 0 Å². The van der Waals surface area contributed by atoms with Crippen molar-refractivity contribution in [1.82, 2.24) is 5.32 Å². The van der Waals surface area contributed by atoms with Gasteiger partial charge in [0.15, 0.2) is 0 Å². The number of rotatable bonds is 8. The average Bonchev–Trinajstić information content (AvgIpc) is 2.43. The van der Waals surface area contributed by atoms with Crippen LogP contribution in [0.4, 0.5) is 0 Å². The van der Waals surface area contributed by atoms with Crippen molar-refractivity contribution in [1.29, 1.82) is 0 Å². The zero-order valence-corrected chi connectivity index (χ0v) is 12.8. The first-order valence-corrected chi connectivity index (χ1v) is 7.02. The van der Waals surface area contributed by atoms with E-state index in [4.69, 9.17) is 9.47 Å². The molecule has 0 aromatic heterocycles. The molecule has 0 radical (unpaired) electrons. The molecule has 4 nitrogen and oxygen atoms in total. The molecule has 112 valence electrons. The lowest BCUT2D eigenvalue weighted by Crippen LogP contribution is -2.53. The molecule has 1 N–H and O–H groups in total. The molecule has 0 heterocycles. The van der Waals surface area contributed by atoms with E-state index in [1.807, 2.05) is 51.1 Å². The summed E-state index contributed by atoms with van der Waals surface area (Å²) in [5.74, 6) is 0.620. The molecule has 0 saturated carbocycles. The number of esters is 1. The molecule has 0 aliphatic rings. The van der Waals surface area contributed by atoms with Crippen LogP contribution in [0.5, 0.6) is 5.75 Å². The Labute approximate surface area is 121 Å². The summed E-state index contributed by atoms with van der Waals surface area (Å²) < 4.78 is 10.5. The van der Waals surface area contributed by atoms with Crippen LogP contribution in [-0.4, -0.2) is 31.3 Å². The molecule has 0 bridgehead atoms. The van der Waals surface area contributed by atoms with E-state index in [1.165, 1.54) is 7.11 Å². The number of carbonyl (C=O) groups excluding carboxylic acids is 1. The number of hydrogen-bond acceptors (Lipinski definition) is 4. The quantitative estimate of drug-likeness (QED) is 0.587. The van der Waals surface area contributed by atoms with Gasteiger partial charge in [-0.3, -0.25) is 10.1 Å². The molecular weight excluding hydrogens is 254 g/mol. The molecule has 0 spiro atoms. The maximum absolute atomic E-state index is 11.9. The Kier molecular flexibility index (Phi) is 6.52. The fourth-order valence-corrected chi connectivity index (χ4v) is 2.23. The highest BCUT2D eigenvalue weighted by Gasteiger charge is 2.34. The van der Waals surface area contributed by atoms with Gasteiger partial charge in [-0.1, -0.05) is 18.2 Å². The first kappa shape index (κ1) is 16.5. The van der Waals surface area contributed by atoms with Gasteiger partial charge in [0.2, 0.25) is 0 Å². The number of ether oxygens (including phenoxy) is 2. The summed E-state index contributed by atoms with van der Waals surface area (Å²) in [6.45, 7) is 6.49. The van der Waals surface area contributed by atoms with Crippen molar-refractivity contribution in [2.45, 2.75) is 45.2 Å². The summed E-state index contributed by atoms with van der Waals surface area (Å²) >= 11 is 0. The number of para-hydroxylation sites is 1. The summed E-state index contributed by atoms with van der Waals surface area (Å²) in [6.07, 6.45) is 1.45. The molecular formula is C16H25NO3. The molecule has 0 aliphatic heterocycles.